The van der Waals surface area contributed by atoms with Crippen molar-refractivity contribution in [1.82, 2.24) is 15.2 Å². The normalized spacial score (nSPS) is 13.9. The number of urea groups is 1. The molecule has 0 unspecified atom stereocenters. The molecule has 2 amide bonds. The molecular weight excluding hydrogens is 270 g/mol. The van der Waals surface area contributed by atoms with Crippen LogP contribution in [0.1, 0.15) is 16.0 Å². The minimum atomic E-state index is 0.0351. The lowest BCUT2D eigenvalue weighted by atomic mass is 10.1. The summed E-state index contributed by atoms with van der Waals surface area (Å²) in [6.07, 6.45) is 5.38. The fourth-order valence-corrected chi connectivity index (χ4v) is 3.33. The monoisotopic (exact) mass is 287 g/mol. The third-order valence-electron chi connectivity index (χ3n) is 3.52. The van der Waals surface area contributed by atoms with Crippen molar-refractivity contribution in [3.8, 4) is 0 Å². The highest BCUT2D eigenvalue weighted by Gasteiger charge is 2.20. The summed E-state index contributed by atoms with van der Waals surface area (Å²) in [4.78, 5) is 19.4. The van der Waals surface area contributed by atoms with E-state index in [2.05, 4.69) is 21.7 Å². The van der Waals surface area contributed by atoms with Gasteiger partial charge in [0.15, 0.2) is 0 Å². The molecule has 0 saturated heterocycles. The van der Waals surface area contributed by atoms with Crippen molar-refractivity contribution in [2.45, 2.75) is 19.4 Å². The first-order valence-corrected chi connectivity index (χ1v) is 7.68. The summed E-state index contributed by atoms with van der Waals surface area (Å²) in [6, 6.07) is 6.14. The smallest absolute Gasteiger partial charge is 0.317 e. The first-order chi connectivity index (χ1) is 9.83. The van der Waals surface area contributed by atoms with Gasteiger partial charge >= 0.3 is 6.03 Å². The Morgan fingerprint density at radius 3 is 3.25 bits per heavy atom. The molecule has 1 aliphatic rings. The zero-order valence-electron chi connectivity index (χ0n) is 11.2. The van der Waals surface area contributed by atoms with Crippen LogP contribution in [-0.4, -0.2) is 29.0 Å². The van der Waals surface area contributed by atoms with E-state index in [1.54, 1.807) is 17.5 Å². The van der Waals surface area contributed by atoms with Gasteiger partial charge in [0.05, 0.1) is 6.54 Å². The number of fused-ring (bicyclic) bond motifs is 1. The second-order valence-corrected chi connectivity index (χ2v) is 5.88. The SMILES string of the molecule is O=C(NCCc1cccnc1)N1CCc2ccsc2C1. The largest absolute Gasteiger partial charge is 0.338 e. The van der Waals surface area contributed by atoms with Crippen LogP contribution in [0.2, 0.25) is 0 Å². The van der Waals surface area contributed by atoms with Gasteiger partial charge in [0.25, 0.3) is 0 Å². The quantitative estimate of drug-likeness (QED) is 0.942. The number of hydrogen-bond acceptors (Lipinski definition) is 3. The van der Waals surface area contributed by atoms with Crippen LogP contribution in [0, 0.1) is 0 Å². The first-order valence-electron chi connectivity index (χ1n) is 6.80. The van der Waals surface area contributed by atoms with Gasteiger partial charge in [-0.1, -0.05) is 6.07 Å². The number of pyridine rings is 1. The highest BCUT2D eigenvalue weighted by Crippen LogP contribution is 2.23. The van der Waals surface area contributed by atoms with Gasteiger partial charge in [0.1, 0.15) is 0 Å². The number of nitrogens with one attached hydrogen (secondary N) is 1. The summed E-state index contributed by atoms with van der Waals surface area (Å²) in [5.41, 5.74) is 2.54. The highest BCUT2D eigenvalue weighted by molar-refractivity contribution is 7.10. The molecule has 3 heterocycles. The molecule has 0 aromatic carbocycles. The van der Waals surface area contributed by atoms with Crippen LogP contribution in [-0.2, 0) is 19.4 Å². The van der Waals surface area contributed by atoms with E-state index in [4.69, 9.17) is 0 Å². The average Bonchev–Trinajstić information content (AvgIpc) is 2.95. The molecule has 0 aliphatic carbocycles. The summed E-state index contributed by atoms with van der Waals surface area (Å²) in [5, 5.41) is 5.09. The molecular formula is C15H17N3OS. The van der Waals surface area contributed by atoms with Crippen LogP contribution >= 0.6 is 11.3 Å². The van der Waals surface area contributed by atoms with Crippen molar-refractivity contribution in [3.05, 3.63) is 52.0 Å². The number of aromatic nitrogens is 1. The number of nitrogens with zero attached hydrogens (tertiary/aromatic N) is 2. The van der Waals surface area contributed by atoms with Crippen molar-refractivity contribution < 1.29 is 4.79 Å². The minimum absolute atomic E-state index is 0.0351. The maximum absolute atomic E-state index is 12.1. The zero-order valence-corrected chi connectivity index (χ0v) is 12.0. The topological polar surface area (TPSA) is 45.2 Å². The van der Waals surface area contributed by atoms with Gasteiger partial charge in [0, 0.05) is 30.4 Å². The predicted molar refractivity (Wildman–Crippen MR) is 79.8 cm³/mol. The molecule has 2 aromatic heterocycles. The van der Waals surface area contributed by atoms with Gasteiger partial charge in [-0.05, 0) is 41.5 Å². The number of carbonyl (C=O) groups is 1. The van der Waals surface area contributed by atoms with Gasteiger partial charge in [-0.25, -0.2) is 4.79 Å². The first kappa shape index (κ1) is 13.1. The van der Waals surface area contributed by atoms with Crippen molar-refractivity contribution >= 4 is 17.4 Å². The third-order valence-corrected chi connectivity index (χ3v) is 4.47. The van der Waals surface area contributed by atoms with E-state index in [-0.39, 0.29) is 6.03 Å². The number of thiophene rings is 1. The summed E-state index contributed by atoms with van der Waals surface area (Å²) in [6.45, 7) is 2.20. The molecule has 5 heteroatoms. The van der Waals surface area contributed by atoms with Crippen LogP contribution in [0.25, 0.3) is 0 Å². The lowest BCUT2D eigenvalue weighted by Gasteiger charge is -2.27. The van der Waals surface area contributed by atoms with E-state index < -0.39 is 0 Å². The number of rotatable bonds is 3. The van der Waals surface area contributed by atoms with E-state index in [1.165, 1.54) is 10.4 Å². The molecule has 104 valence electrons. The Hall–Kier alpha value is -1.88. The summed E-state index contributed by atoms with van der Waals surface area (Å²) in [5.74, 6) is 0. The Kier molecular flexibility index (Phi) is 3.97. The molecule has 20 heavy (non-hydrogen) atoms. The standard InChI is InChI=1S/C15H17N3OS/c19-15(17-7-3-12-2-1-6-16-10-12)18-8-4-13-5-9-20-14(13)11-18/h1-2,5-6,9-10H,3-4,7-8,11H2,(H,17,19). The van der Waals surface area contributed by atoms with Crippen LogP contribution in [0.5, 0.6) is 0 Å². The van der Waals surface area contributed by atoms with Gasteiger partial charge in [-0.15, -0.1) is 11.3 Å². The minimum Gasteiger partial charge on any atom is -0.338 e. The number of hydrogen-bond donors (Lipinski definition) is 1. The van der Waals surface area contributed by atoms with E-state index in [0.717, 1.165) is 31.5 Å². The summed E-state index contributed by atoms with van der Waals surface area (Å²) in [7, 11) is 0. The fraction of sp³-hybridized carbons (Fsp3) is 0.333. The second-order valence-electron chi connectivity index (χ2n) is 4.88. The maximum Gasteiger partial charge on any atom is 0.317 e. The van der Waals surface area contributed by atoms with Gasteiger partial charge in [0.2, 0.25) is 0 Å². The Bertz CT molecular complexity index is 582. The molecule has 1 aliphatic heterocycles. The van der Waals surface area contributed by atoms with Crippen LogP contribution in [0.4, 0.5) is 4.79 Å². The van der Waals surface area contributed by atoms with Gasteiger partial charge in [-0.2, -0.15) is 0 Å². The van der Waals surface area contributed by atoms with Crippen molar-refractivity contribution in [1.29, 1.82) is 0 Å². The van der Waals surface area contributed by atoms with Gasteiger partial charge in [-0.3, -0.25) is 4.98 Å². The Labute approximate surface area is 122 Å². The molecule has 1 N–H and O–H groups in total. The molecule has 3 rings (SSSR count). The maximum atomic E-state index is 12.1. The van der Waals surface area contributed by atoms with Crippen molar-refractivity contribution in [3.63, 3.8) is 0 Å². The van der Waals surface area contributed by atoms with Crippen LogP contribution in [0.15, 0.2) is 36.0 Å². The van der Waals surface area contributed by atoms with E-state index in [0.29, 0.717) is 6.54 Å². The van der Waals surface area contributed by atoms with Crippen molar-refractivity contribution in [2.24, 2.45) is 0 Å². The summed E-state index contributed by atoms with van der Waals surface area (Å²) < 4.78 is 0. The number of amides is 2. The molecule has 0 atom stereocenters. The second kappa shape index (κ2) is 6.05. The average molecular weight is 287 g/mol. The lowest BCUT2D eigenvalue weighted by molar-refractivity contribution is 0.193. The van der Waals surface area contributed by atoms with E-state index >= 15 is 0 Å². The number of carbonyl (C=O) groups excluding carboxylic acids is 1. The molecule has 2 aromatic rings. The van der Waals surface area contributed by atoms with Gasteiger partial charge < -0.3 is 10.2 Å². The molecule has 0 spiro atoms. The predicted octanol–water partition coefficient (Wildman–Crippen LogP) is 2.45. The zero-order chi connectivity index (χ0) is 13.8. The molecule has 0 fully saturated rings. The Morgan fingerprint density at radius 2 is 2.40 bits per heavy atom. The molecule has 0 bridgehead atoms. The summed E-state index contributed by atoms with van der Waals surface area (Å²) >= 11 is 1.74. The van der Waals surface area contributed by atoms with Crippen LogP contribution in [0.3, 0.4) is 0 Å². The van der Waals surface area contributed by atoms with E-state index in [1.807, 2.05) is 23.2 Å². The lowest BCUT2D eigenvalue weighted by Crippen LogP contribution is -2.43. The third kappa shape index (κ3) is 2.99. The molecule has 4 nitrogen and oxygen atoms in total. The van der Waals surface area contributed by atoms with Crippen LogP contribution < -0.4 is 5.32 Å². The molecule has 0 radical (unpaired) electrons. The molecule has 0 saturated carbocycles. The van der Waals surface area contributed by atoms with Crippen molar-refractivity contribution in [2.75, 3.05) is 13.1 Å². The van der Waals surface area contributed by atoms with E-state index in [9.17, 15) is 4.79 Å². The Morgan fingerprint density at radius 1 is 1.45 bits per heavy atom. The fourth-order valence-electron chi connectivity index (χ4n) is 2.38. The highest BCUT2D eigenvalue weighted by atomic mass is 32.1. The Balaban J connectivity index is 1.48.